The van der Waals surface area contributed by atoms with Gasteiger partial charge in [-0.25, -0.2) is 0 Å². The van der Waals surface area contributed by atoms with Gasteiger partial charge in [-0.3, -0.25) is 14.4 Å². The number of nitrogens with two attached hydrogens (primary N) is 1. The molecule has 0 heterocycles. The van der Waals surface area contributed by atoms with E-state index < -0.39 is 0 Å². The van der Waals surface area contributed by atoms with Crippen LogP contribution in [0.25, 0.3) is 0 Å². The Kier molecular flexibility index (Phi) is 12.1. The highest BCUT2D eigenvalue weighted by atomic mass is 35.5. The number of hydrogen-bond acceptors (Lipinski definition) is 4. The standard InChI is InChI=1S/C18H28N4O3.ClH/c1-3-22(4-2)17(24)11-7-10-16(23)21-15-9-6-5-8-14(15)18(25)20-13-12-19;/h5-6,8-9H,3-4,7,10-13,19H2,1-2H3,(H,20,25)(H,21,23);1H. The Balaban J connectivity index is 0.00000625. The van der Waals surface area contributed by atoms with Crippen LogP contribution in [-0.2, 0) is 9.59 Å². The van der Waals surface area contributed by atoms with Gasteiger partial charge in [0.15, 0.2) is 0 Å². The number of nitrogens with one attached hydrogen (secondary N) is 2. The second-order valence-electron chi connectivity index (χ2n) is 5.56. The molecule has 26 heavy (non-hydrogen) atoms. The first-order valence-electron chi connectivity index (χ1n) is 8.68. The number of nitrogens with zero attached hydrogens (tertiary/aromatic N) is 1. The fourth-order valence-electron chi connectivity index (χ4n) is 2.42. The van der Waals surface area contributed by atoms with Crippen LogP contribution in [0, 0.1) is 0 Å². The summed E-state index contributed by atoms with van der Waals surface area (Å²) in [6, 6.07) is 6.80. The predicted octanol–water partition coefficient (Wildman–Crippen LogP) is 1.77. The number of halogens is 1. The highest BCUT2D eigenvalue weighted by molar-refractivity contribution is 6.03. The van der Waals surface area contributed by atoms with Crippen LogP contribution in [-0.4, -0.2) is 48.8 Å². The predicted molar refractivity (Wildman–Crippen MR) is 105 cm³/mol. The van der Waals surface area contributed by atoms with Crippen LogP contribution in [0.5, 0.6) is 0 Å². The van der Waals surface area contributed by atoms with Crippen molar-refractivity contribution in [1.29, 1.82) is 0 Å². The topological polar surface area (TPSA) is 105 Å². The van der Waals surface area contributed by atoms with Gasteiger partial charge >= 0.3 is 0 Å². The Hall–Kier alpha value is -2.12. The molecule has 0 fully saturated rings. The minimum atomic E-state index is -0.280. The molecule has 0 aromatic heterocycles. The molecule has 1 aromatic carbocycles. The van der Waals surface area contributed by atoms with Crippen LogP contribution in [0.2, 0.25) is 0 Å². The van der Waals surface area contributed by atoms with Crippen molar-refractivity contribution in [3.63, 3.8) is 0 Å². The number of benzene rings is 1. The van der Waals surface area contributed by atoms with Crippen LogP contribution >= 0.6 is 12.4 Å². The van der Waals surface area contributed by atoms with Crippen molar-refractivity contribution in [3.05, 3.63) is 29.8 Å². The molecule has 1 rings (SSSR count). The molecule has 0 saturated heterocycles. The second kappa shape index (κ2) is 13.1. The molecule has 0 bridgehead atoms. The van der Waals surface area contributed by atoms with Crippen molar-refractivity contribution >= 4 is 35.8 Å². The Morgan fingerprint density at radius 1 is 1.08 bits per heavy atom. The summed E-state index contributed by atoms with van der Waals surface area (Å²) in [7, 11) is 0. The van der Waals surface area contributed by atoms with Gasteiger partial charge in [-0.15, -0.1) is 12.4 Å². The van der Waals surface area contributed by atoms with Crippen LogP contribution in [0.1, 0.15) is 43.5 Å². The van der Waals surface area contributed by atoms with Crippen LogP contribution in [0.3, 0.4) is 0 Å². The number of rotatable bonds is 10. The van der Waals surface area contributed by atoms with E-state index in [0.717, 1.165) is 0 Å². The normalized spacial score (nSPS) is 9.81. The zero-order valence-electron chi connectivity index (χ0n) is 15.4. The van der Waals surface area contributed by atoms with E-state index in [9.17, 15) is 14.4 Å². The molecule has 3 amide bonds. The lowest BCUT2D eigenvalue weighted by atomic mass is 10.1. The number of amides is 3. The minimum Gasteiger partial charge on any atom is -0.351 e. The monoisotopic (exact) mass is 384 g/mol. The molecule has 146 valence electrons. The van der Waals surface area contributed by atoms with Gasteiger partial charge in [-0.1, -0.05) is 12.1 Å². The molecule has 0 aliphatic rings. The molecular weight excluding hydrogens is 356 g/mol. The summed E-state index contributed by atoms with van der Waals surface area (Å²) < 4.78 is 0. The number of anilines is 1. The lowest BCUT2D eigenvalue weighted by molar-refractivity contribution is -0.131. The highest BCUT2D eigenvalue weighted by Gasteiger charge is 2.14. The van der Waals surface area contributed by atoms with E-state index in [1.165, 1.54) is 0 Å². The third-order valence-corrected chi connectivity index (χ3v) is 3.79. The number of hydrogen-bond donors (Lipinski definition) is 3. The maximum Gasteiger partial charge on any atom is 0.253 e. The van der Waals surface area contributed by atoms with E-state index in [2.05, 4.69) is 10.6 Å². The number of para-hydroxylation sites is 1. The Morgan fingerprint density at radius 2 is 1.73 bits per heavy atom. The third-order valence-electron chi connectivity index (χ3n) is 3.79. The van der Waals surface area contributed by atoms with Gasteiger partial charge in [-0.2, -0.15) is 0 Å². The maximum absolute atomic E-state index is 12.1. The summed E-state index contributed by atoms with van der Waals surface area (Å²) in [6.07, 6.45) is 1.04. The highest BCUT2D eigenvalue weighted by Crippen LogP contribution is 2.15. The molecule has 0 aliphatic carbocycles. The second-order valence-corrected chi connectivity index (χ2v) is 5.56. The maximum atomic E-state index is 12.1. The van der Waals surface area contributed by atoms with Crippen molar-refractivity contribution in [2.45, 2.75) is 33.1 Å². The van der Waals surface area contributed by atoms with Gasteiger partial charge in [0.2, 0.25) is 11.8 Å². The van der Waals surface area contributed by atoms with E-state index in [0.29, 0.717) is 50.3 Å². The van der Waals surface area contributed by atoms with E-state index in [-0.39, 0.29) is 36.5 Å². The first-order chi connectivity index (χ1) is 12.0. The van der Waals surface area contributed by atoms with Crippen LogP contribution in [0.4, 0.5) is 5.69 Å². The van der Waals surface area contributed by atoms with Crippen molar-refractivity contribution < 1.29 is 14.4 Å². The fraction of sp³-hybridized carbons (Fsp3) is 0.500. The van der Waals surface area contributed by atoms with E-state index in [4.69, 9.17) is 5.73 Å². The largest absolute Gasteiger partial charge is 0.351 e. The number of carbonyl (C=O) groups excluding carboxylic acids is 3. The fourth-order valence-corrected chi connectivity index (χ4v) is 2.42. The first-order valence-corrected chi connectivity index (χ1v) is 8.68. The summed E-state index contributed by atoms with van der Waals surface area (Å²) in [5.41, 5.74) is 6.23. The molecule has 0 aliphatic heterocycles. The average Bonchev–Trinajstić information content (AvgIpc) is 2.61. The van der Waals surface area contributed by atoms with Gasteiger partial charge < -0.3 is 21.3 Å². The summed E-state index contributed by atoms with van der Waals surface area (Å²) in [4.78, 5) is 37.9. The zero-order chi connectivity index (χ0) is 18.7. The van der Waals surface area contributed by atoms with Gasteiger partial charge in [-0.05, 0) is 32.4 Å². The molecular formula is C18H29ClN4O3. The molecule has 0 spiro atoms. The average molecular weight is 385 g/mol. The third kappa shape index (κ3) is 7.84. The summed E-state index contributed by atoms with van der Waals surface area (Å²) >= 11 is 0. The van der Waals surface area contributed by atoms with Gasteiger partial charge in [0.1, 0.15) is 0 Å². The Bertz CT molecular complexity index is 592. The van der Waals surface area contributed by atoms with Gasteiger partial charge in [0.25, 0.3) is 5.91 Å². The zero-order valence-corrected chi connectivity index (χ0v) is 16.2. The molecule has 8 heteroatoms. The van der Waals surface area contributed by atoms with E-state index in [1.807, 2.05) is 13.8 Å². The molecule has 0 radical (unpaired) electrons. The molecule has 0 unspecified atom stereocenters. The molecule has 0 atom stereocenters. The van der Waals surface area contributed by atoms with Crippen molar-refractivity contribution in [2.75, 3.05) is 31.5 Å². The molecule has 0 saturated carbocycles. The summed E-state index contributed by atoms with van der Waals surface area (Å²) in [5, 5.41) is 5.42. The number of carbonyl (C=O) groups is 3. The Labute approximate surface area is 161 Å². The lowest BCUT2D eigenvalue weighted by Gasteiger charge is -2.18. The SMILES string of the molecule is CCN(CC)C(=O)CCCC(=O)Nc1ccccc1C(=O)NCCN.Cl. The molecule has 7 nitrogen and oxygen atoms in total. The van der Waals surface area contributed by atoms with Gasteiger partial charge in [0.05, 0.1) is 11.3 Å². The molecule has 1 aromatic rings. The van der Waals surface area contributed by atoms with Crippen molar-refractivity contribution in [3.8, 4) is 0 Å². The van der Waals surface area contributed by atoms with Crippen molar-refractivity contribution in [1.82, 2.24) is 10.2 Å². The summed E-state index contributed by atoms with van der Waals surface area (Å²) in [5.74, 6) is -0.441. The van der Waals surface area contributed by atoms with Gasteiger partial charge in [0, 0.05) is 39.0 Å². The first kappa shape index (κ1) is 23.9. The van der Waals surface area contributed by atoms with Crippen LogP contribution < -0.4 is 16.4 Å². The quantitative estimate of drug-likeness (QED) is 0.571. The lowest BCUT2D eigenvalue weighted by Crippen LogP contribution is -2.30. The van der Waals surface area contributed by atoms with E-state index in [1.54, 1.807) is 29.2 Å². The Morgan fingerprint density at radius 3 is 2.35 bits per heavy atom. The summed E-state index contributed by atoms with van der Waals surface area (Å²) in [6.45, 7) is 5.93. The van der Waals surface area contributed by atoms with Crippen molar-refractivity contribution in [2.24, 2.45) is 5.73 Å². The smallest absolute Gasteiger partial charge is 0.253 e. The molecule has 4 N–H and O–H groups in total. The minimum absolute atomic E-state index is 0. The van der Waals surface area contributed by atoms with Crippen LogP contribution in [0.15, 0.2) is 24.3 Å². The van der Waals surface area contributed by atoms with E-state index >= 15 is 0 Å².